The normalized spacial score (nSPS) is 16.1. The van der Waals surface area contributed by atoms with Crippen LogP contribution in [0.3, 0.4) is 0 Å². The second-order valence-electron chi connectivity index (χ2n) is 4.95. The van der Waals surface area contributed by atoms with Gasteiger partial charge in [0.1, 0.15) is 11.9 Å². The van der Waals surface area contributed by atoms with Crippen molar-refractivity contribution in [2.24, 2.45) is 0 Å². The first kappa shape index (κ1) is 14.4. The van der Waals surface area contributed by atoms with E-state index in [1.807, 2.05) is 0 Å². The van der Waals surface area contributed by atoms with E-state index in [1.54, 1.807) is 4.90 Å². The van der Waals surface area contributed by atoms with Crippen LogP contribution in [0.25, 0.3) is 0 Å². The van der Waals surface area contributed by atoms with E-state index in [2.05, 4.69) is 0 Å². The summed E-state index contributed by atoms with van der Waals surface area (Å²) in [6.07, 6.45) is 1.72. The van der Waals surface area contributed by atoms with Crippen LogP contribution in [0.4, 0.5) is 10.1 Å². The van der Waals surface area contributed by atoms with E-state index >= 15 is 0 Å². The summed E-state index contributed by atoms with van der Waals surface area (Å²) in [6, 6.07) is 2.59. The quantitative estimate of drug-likeness (QED) is 0.638. The number of rotatable bonds is 6. The Morgan fingerprint density at radius 1 is 1.60 bits per heavy atom. The minimum absolute atomic E-state index is 0.0617. The standard InChI is InChI=1S/C13H15FN2O4/c1-8(13(17)18)15(11-3-4-11)7-9-6-10(14)2-5-12(9)16(19)20/h2,5-6,8,11H,3-4,7H2,1H3,(H,17,18). The lowest BCUT2D eigenvalue weighted by atomic mass is 10.1. The maximum absolute atomic E-state index is 13.3. The molecule has 0 aromatic heterocycles. The first-order valence-electron chi connectivity index (χ1n) is 6.31. The predicted octanol–water partition coefficient (Wildman–Crippen LogP) is 2.17. The highest BCUT2D eigenvalue weighted by Crippen LogP contribution is 2.32. The van der Waals surface area contributed by atoms with Gasteiger partial charge in [-0.2, -0.15) is 0 Å². The fourth-order valence-electron chi connectivity index (χ4n) is 2.19. The molecule has 1 aliphatic carbocycles. The highest BCUT2D eigenvalue weighted by Gasteiger charge is 2.36. The van der Waals surface area contributed by atoms with Crippen LogP contribution < -0.4 is 0 Å². The fourth-order valence-corrected chi connectivity index (χ4v) is 2.19. The van der Waals surface area contributed by atoms with Gasteiger partial charge in [-0.15, -0.1) is 0 Å². The van der Waals surface area contributed by atoms with Gasteiger partial charge in [-0.05, 0) is 31.9 Å². The van der Waals surface area contributed by atoms with E-state index in [9.17, 15) is 19.3 Å². The Balaban J connectivity index is 2.28. The summed E-state index contributed by atoms with van der Waals surface area (Å²) < 4.78 is 13.3. The molecule has 0 bridgehead atoms. The van der Waals surface area contributed by atoms with Crippen LogP contribution >= 0.6 is 0 Å². The van der Waals surface area contributed by atoms with E-state index in [0.29, 0.717) is 0 Å². The maximum Gasteiger partial charge on any atom is 0.320 e. The summed E-state index contributed by atoms with van der Waals surface area (Å²) in [6.45, 7) is 1.60. The number of aliphatic carboxylic acids is 1. The molecule has 1 unspecified atom stereocenters. The summed E-state index contributed by atoms with van der Waals surface area (Å²) in [4.78, 5) is 23.1. The molecule has 1 aromatic rings. The lowest BCUT2D eigenvalue weighted by molar-refractivity contribution is -0.385. The Kier molecular flexibility index (Phi) is 3.99. The number of nitro groups is 1. The first-order chi connectivity index (χ1) is 9.40. The number of hydrogen-bond acceptors (Lipinski definition) is 4. The summed E-state index contributed by atoms with van der Waals surface area (Å²) in [5.74, 6) is -1.56. The molecule has 1 fully saturated rings. The van der Waals surface area contributed by atoms with Crippen molar-refractivity contribution in [3.8, 4) is 0 Å². The van der Waals surface area contributed by atoms with Crippen LogP contribution in [0.1, 0.15) is 25.3 Å². The van der Waals surface area contributed by atoms with Crippen LogP contribution in [0.5, 0.6) is 0 Å². The van der Waals surface area contributed by atoms with Gasteiger partial charge in [0.05, 0.1) is 4.92 Å². The minimum atomic E-state index is -0.990. The Labute approximate surface area is 115 Å². The maximum atomic E-state index is 13.3. The van der Waals surface area contributed by atoms with Gasteiger partial charge >= 0.3 is 5.97 Å². The van der Waals surface area contributed by atoms with E-state index in [1.165, 1.54) is 6.92 Å². The number of carbonyl (C=O) groups is 1. The van der Waals surface area contributed by atoms with Crippen molar-refractivity contribution < 1.29 is 19.2 Å². The van der Waals surface area contributed by atoms with Crippen LogP contribution in [-0.4, -0.2) is 33.0 Å². The van der Waals surface area contributed by atoms with Crippen LogP contribution in [0, 0.1) is 15.9 Å². The van der Waals surface area contributed by atoms with E-state index < -0.39 is 22.8 Å². The molecule has 0 amide bonds. The minimum Gasteiger partial charge on any atom is -0.480 e. The molecule has 0 saturated heterocycles. The molecule has 1 aromatic carbocycles. The van der Waals surface area contributed by atoms with Crippen LogP contribution in [0.15, 0.2) is 18.2 Å². The Morgan fingerprint density at radius 3 is 2.75 bits per heavy atom. The van der Waals surface area contributed by atoms with Crippen LogP contribution in [-0.2, 0) is 11.3 Å². The number of carboxylic acid groups (broad SMARTS) is 1. The van der Waals surface area contributed by atoms with Crippen molar-refractivity contribution in [2.45, 2.75) is 38.4 Å². The number of carboxylic acids is 1. The average Bonchev–Trinajstić information content (AvgIpc) is 3.18. The van der Waals surface area contributed by atoms with Crippen molar-refractivity contribution in [1.82, 2.24) is 4.90 Å². The molecular weight excluding hydrogens is 267 g/mol. The molecule has 1 atom stereocenters. The van der Waals surface area contributed by atoms with E-state index in [4.69, 9.17) is 5.11 Å². The molecule has 108 valence electrons. The van der Waals surface area contributed by atoms with E-state index in [-0.39, 0.29) is 23.8 Å². The lowest BCUT2D eigenvalue weighted by Gasteiger charge is -2.26. The summed E-state index contributed by atoms with van der Waals surface area (Å²) in [7, 11) is 0. The van der Waals surface area contributed by atoms with Gasteiger partial charge in [0.25, 0.3) is 5.69 Å². The van der Waals surface area contributed by atoms with Crippen molar-refractivity contribution in [3.05, 3.63) is 39.7 Å². The molecule has 0 radical (unpaired) electrons. The zero-order valence-electron chi connectivity index (χ0n) is 11.0. The summed E-state index contributed by atoms with van der Waals surface area (Å²) in [5.41, 5.74) is 0.0182. The largest absolute Gasteiger partial charge is 0.480 e. The van der Waals surface area contributed by atoms with Crippen molar-refractivity contribution in [1.29, 1.82) is 0 Å². The lowest BCUT2D eigenvalue weighted by Crippen LogP contribution is -2.40. The molecular formula is C13H15FN2O4. The third kappa shape index (κ3) is 3.11. The smallest absolute Gasteiger partial charge is 0.320 e. The zero-order valence-corrected chi connectivity index (χ0v) is 11.0. The topological polar surface area (TPSA) is 83.7 Å². The summed E-state index contributed by atoms with van der Waals surface area (Å²) >= 11 is 0. The number of benzene rings is 1. The third-order valence-electron chi connectivity index (χ3n) is 3.46. The van der Waals surface area contributed by atoms with Gasteiger partial charge in [-0.1, -0.05) is 0 Å². The zero-order chi connectivity index (χ0) is 14.9. The van der Waals surface area contributed by atoms with Crippen molar-refractivity contribution in [2.75, 3.05) is 0 Å². The number of nitrogens with zero attached hydrogens (tertiary/aromatic N) is 2. The molecule has 6 nitrogen and oxygen atoms in total. The first-order valence-corrected chi connectivity index (χ1v) is 6.31. The molecule has 1 aliphatic rings. The van der Waals surface area contributed by atoms with Gasteiger partial charge in [0, 0.05) is 24.2 Å². The molecule has 20 heavy (non-hydrogen) atoms. The highest BCUT2D eigenvalue weighted by atomic mass is 19.1. The second-order valence-corrected chi connectivity index (χ2v) is 4.95. The van der Waals surface area contributed by atoms with Crippen molar-refractivity contribution >= 4 is 11.7 Å². The summed E-state index contributed by atoms with van der Waals surface area (Å²) in [5, 5.41) is 20.0. The molecule has 0 aliphatic heterocycles. The fraction of sp³-hybridized carbons (Fsp3) is 0.462. The molecule has 1 N–H and O–H groups in total. The van der Waals surface area contributed by atoms with Gasteiger partial charge in [-0.3, -0.25) is 19.8 Å². The van der Waals surface area contributed by atoms with Gasteiger partial charge in [0.2, 0.25) is 0 Å². The average molecular weight is 282 g/mol. The third-order valence-corrected chi connectivity index (χ3v) is 3.46. The Morgan fingerprint density at radius 2 is 2.25 bits per heavy atom. The molecule has 0 spiro atoms. The molecule has 0 heterocycles. The number of halogens is 1. The molecule has 1 saturated carbocycles. The highest BCUT2D eigenvalue weighted by molar-refractivity contribution is 5.73. The Hall–Kier alpha value is -2.02. The molecule has 7 heteroatoms. The van der Waals surface area contributed by atoms with Crippen LogP contribution in [0.2, 0.25) is 0 Å². The molecule has 2 rings (SSSR count). The number of nitro benzene ring substituents is 1. The van der Waals surface area contributed by atoms with Crippen molar-refractivity contribution in [3.63, 3.8) is 0 Å². The van der Waals surface area contributed by atoms with Gasteiger partial charge in [0.15, 0.2) is 0 Å². The van der Waals surface area contributed by atoms with Gasteiger partial charge < -0.3 is 5.11 Å². The number of hydrogen-bond donors (Lipinski definition) is 1. The second kappa shape index (κ2) is 5.54. The predicted molar refractivity (Wildman–Crippen MR) is 68.7 cm³/mol. The Bertz CT molecular complexity index is 545. The van der Waals surface area contributed by atoms with Gasteiger partial charge in [-0.25, -0.2) is 4.39 Å². The van der Waals surface area contributed by atoms with E-state index in [0.717, 1.165) is 31.0 Å². The SMILES string of the molecule is CC(C(=O)O)N(Cc1cc(F)ccc1[N+](=O)[O-])C1CC1. The monoisotopic (exact) mass is 282 g/mol.